The van der Waals surface area contributed by atoms with Crippen LogP contribution < -0.4 is 5.32 Å². The molecule has 1 heterocycles. The van der Waals surface area contributed by atoms with E-state index in [-0.39, 0.29) is 18.5 Å². The van der Waals surface area contributed by atoms with Crippen molar-refractivity contribution in [1.29, 1.82) is 0 Å². The largest absolute Gasteiger partial charge is 0.481 e. The lowest BCUT2D eigenvalue weighted by Crippen LogP contribution is -2.32. The smallest absolute Gasteiger partial charge is 0.309 e. The minimum Gasteiger partial charge on any atom is -0.481 e. The van der Waals surface area contributed by atoms with E-state index in [1.165, 1.54) is 6.20 Å². The number of halogens is 1. The van der Waals surface area contributed by atoms with E-state index in [0.29, 0.717) is 0 Å². The Kier molecular flexibility index (Phi) is 4.36. The zero-order valence-corrected chi connectivity index (χ0v) is 10.2. The van der Waals surface area contributed by atoms with Gasteiger partial charge in [0, 0.05) is 12.7 Å². The molecule has 0 atom stereocenters. The monoisotopic (exact) mass is 254 g/mol. The molecular weight excluding hydrogens is 239 g/mol. The lowest BCUT2D eigenvalue weighted by molar-refractivity contribution is -0.147. The van der Waals surface area contributed by atoms with E-state index in [2.05, 4.69) is 10.3 Å². The van der Waals surface area contributed by atoms with Gasteiger partial charge in [-0.25, -0.2) is 4.39 Å². The summed E-state index contributed by atoms with van der Waals surface area (Å²) in [4.78, 5) is 26.0. The molecule has 1 rings (SSSR count). The predicted octanol–water partition coefficient (Wildman–Crippen LogP) is 1.45. The Morgan fingerprint density at radius 1 is 1.44 bits per heavy atom. The first-order valence-corrected chi connectivity index (χ1v) is 5.45. The maximum atomic E-state index is 12.8. The standard InChI is InChI=1S/C12H15FN2O3/c1-12(2,11(17)18)3-4-15-10(16)8-5-9(13)7-14-6-8/h5-7H,3-4H2,1-2H3,(H,15,16)(H,17,18). The number of aliphatic carboxylic acids is 1. The van der Waals surface area contributed by atoms with Gasteiger partial charge in [0.1, 0.15) is 5.82 Å². The van der Waals surface area contributed by atoms with Gasteiger partial charge in [0.15, 0.2) is 0 Å². The Balaban J connectivity index is 2.50. The first-order chi connectivity index (χ1) is 8.33. The number of carboxylic acids is 1. The van der Waals surface area contributed by atoms with Crippen molar-refractivity contribution in [2.45, 2.75) is 20.3 Å². The maximum absolute atomic E-state index is 12.8. The van der Waals surface area contributed by atoms with Crippen LogP contribution in [0.2, 0.25) is 0 Å². The molecule has 1 aromatic heterocycles. The molecular formula is C12H15FN2O3. The van der Waals surface area contributed by atoms with Crippen LogP contribution in [-0.4, -0.2) is 28.5 Å². The van der Waals surface area contributed by atoms with Crippen LogP contribution >= 0.6 is 0 Å². The Morgan fingerprint density at radius 2 is 2.11 bits per heavy atom. The first kappa shape index (κ1) is 14.1. The number of carboxylic acid groups (broad SMARTS) is 1. The molecule has 0 bridgehead atoms. The van der Waals surface area contributed by atoms with Crippen molar-refractivity contribution in [2.75, 3.05) is 6.54 Å². The summed E-state index contributed by atoms with van der Waals surface area (Å²) < 4.78 is 12.8. The van der Waals surface area contributed by atoms with E-state index >= 15 is 0 Å². The zero-order chi connectivity index (χ0) is 13.8. The molecule has 0 unspecified atom stereocenters. The molecule has 1 amide bonds. The van der Waals surface area contributed by atoms with Crippen molar-refractivity contribution in [3.05, 3.63) is 29.8 Å². The highest BCUT2D eigenvalue weighted by Crippen LogP contribution is 2.19. The number of nitrogens with one attached hydrogen (secondary N) is 1. The molecule has 0 saturated heterocycles. The molecule has 2 N–H and O–H groups in total. The molecule has 0 radical (unpaired) electrons. The van der Waals surface area contributed by atoms with Crippen LogP contribution in [0.25, 0.3) is 0 Å². The van der Waals surface area contributed by atoms with Crippen molar-refractivity contribution in [3.63, 3.8) is 0 Å². The fourth-order valence-corrected chi connectivity index (χ4v) is 1.23. The molecule has 0 aliphatic rings. The quantitative estimate of drug-likeness (QED) is 0.833. The number of aromatic nitrogens is 1. The van der Waals surface area contributed by atoms with Crippen molar-refractivity contribution < 1.29 is 19.1 Å². The van der Waals surface area contributed by atoms with Gasteiger partial charge in [0.2, 0.25) is 0 Å². The number of rotatable bonds is 5. The van der Waals surface area contributed by atoms with Gasteiger partial charge in [-0.1, -0.05) is 0 Å². The average molecular weight is 254 g/mol. The third-order valence-electron chi connectivity index (χ3n) is 2.58. The number of pyridine rings is 1. The molecule has 0 saturated carbocycles. The Morgan fingerprint density at radius 3 is 2.67 bits per heavy atom. The summed E-state index contributed by atoms with van der Waals surface area (Å²) in [6.45, 7) is 3.35. The molecule has 5 nitrogen and oxygen atoms in total. The number of carbonyl (C=O) groups excluding carboxylic acids is 1. The Labute approximate surface area is 104 Å². The molecule has 0 aliphatic heterocycles. The number of hydrogen-bond acceptors (Lipinski definition) is 3. The summed E-state index contributed by atoms with van der Waals surface area (Å²) in [7, 11) is 0. The molecule has 6 heteroatoms. The van der Waals surface area contributed by atoms with Gasteiger partial charge in [-0.2, -0.15) is 0 Å². The summed E-state index contributed by atoms with van der Waals surface area (Å²) in [5.74, 6) is -1.99. The van der Waals surface area contributed by atoms with E-state index in [1.54, 1.807) is 13.8 Å². The third kappa shape index (κ3) is 3.80. The van der Waals surface area contributed by atoms with Gasteiger partial charge < -0.3 is 10.4 Å². The average Bonchev–Trinajstić information content (AvgIpc) is 2.28. The van der Waals surface area contributed by atoms with E-state index in [4.69, 9.17) is 5.11 Å². The minimum atomic E-state index is -0.927. The summed E-state index contributed by atoms with van der Waals surface area (Å²) in [5, 5.41) is 11.4. The van der Waals surface area contributed by atoms with Crippen LogP contribution in [0, 0.1) is 11.2 Å². The lowest BCUT2D eigenvalue weighted by Gasteiger charge is -2.18. The SMILES string of the molecule is CC(C)(CCNC(=O)c1cncc(F)c1)C(=O)O. The number of nitrogens with zero attached hydrogens (tertiary/aromatic N) is 1. The summed E-state index contributed by atoms with van der Waals surface area (Å²) in [6.07, 6.45) is 2.54. The Hall–Kier alpha value is -1.98. The van der Waals surface area contributed by atoms with Gasteiger partial charge in [-0.15, -0.1) is 0 Å². The number of carbonyl (C=O) groups is 2. The van der Waals surface area contributed by atoms with E-state index in [1.807, 2.05) is 0 Å². The first-order valence-electron chi connectivity index (χ1n) is 5.45. The molecule has 0 spiro atoms. The van der Waals surface area contributed by atoms with Crippen LogP contribution in [0.1, 0.15) is 30.6 Å². The van der Waals surface area contributed by atoms with Crippen LogP contribution in [-0.2, 0) is 4.79 Å². The van der Waals surface area contributed by atoms with Gasteiger partial charge >= 0.3 is 5.97 Å². The highest BCUT2D eigenvalue weighted by Gasteiger charge is 2.26. The zero-order valence-electron chi connectivity index (χ0n) is 10.2. The molecule has 1 aromatic rings. The molecule has 0 fully saturated rings. The van der Waals surface area contributed by atoms with E-state index in [0.717, 1.165) is 12.3 Å². The van der Waals surface area contributed by atoms with Gasteiger partial charge in [-0.3, -0.25) is 14.6 Å². The molecule has 0 aliphatic carbocycles. The fraction of sp³-hybridized carbons (Fsp3) is 0.417. The second kappa shape index (κ2) is 5.57. The summed E-state index contributed by atoms with van der Waals surface area (Å²) in [6, 6.07) is 1.07. The van der Waals surface area contributed by atoms with Gasteiger partial charge in [0.05, 0.1) is 17.2 Å². The fourth-order valence-electron chi connectivity index (χ4n) is 1.23. The van der Waals surface area contributed by atoms with E-state index < -0.39 is 23.1 Å². The summed E-state index contributed by atoms with van der Waals surface area (Å²) >= 11 is 0. The van der Waals surface area contributed by atoms with Crippen LogP contribution in [0.3, 0.4) is 0 Å². The highest BCUT2D eigenvalue weighted by molar-refractivity contribution is 5.93. The number of amides is 1. The topological polar surface area (TPSA) is 79.3 Å². The van der Waals surface area contributed by atoms with Crippen LogP contribution in [0.15, 0.2) is 18.5 Å². The van der Waals surface area contributed by atoms with Crippen LogP contribution in [0.5, 0.6) is 0 Å². The number of hydrogen-bond donors (Lipinski definition) is 2. The molecule has 98 valence electrons. The van der Waals surface area contributed by atoms with Crippen molar-refractivity contribution in [3.8, 4) is 0 Å². The molecule has 0 aromatic carbocycles. The predicted molar refractivity (Wildman–Crippen MR) is 62.6 cm³/mol. The third-order valence-corrected chi connectivity index (χ3v) is 2.58. The van der Waals surface area contributed by atoms with Gasteiger partial charge in [-0.05, 0) is 26.3 Å². The lowest BCUT2D eigenvalue weighted by atomic mass is 9.90. The van der Waals surface area contributed by atoms with Crippen molar-refractivity contribution in [1.82, 2.24) is 10.3 Å². The van der Waals surface area contributed by atoms with E-state index in [9.17, 15) is 14.0 Å². The second-order valence-electron chi connectivity index (χ2n) is 4.59. The van der Waals surface area contributed by atoms with Gasteiger partial charge in [0.25, 0.3) is 5.91 Å². The highest BCUT2D eigenvalue weighted by atomic mass is 19.1. The normalized spacial score (nSPS) is 11.1. The Bertz CT molecular complexity index is 460. The minimum absolute atomic E-state index is 0.114. The summed E-state index contributed by atoms with van der Waals surface area (Å²) in [5.41, 5.74) is -0.795. The van der Waals surface area contributed by atoms with Crippen molar-refractivity contribution >= 4 is 11.9 Å². The molecule has 18 heavy (non-hydrogen) atoms. The van der Waals surface area contributed by atoms with Crippen molar-refractivity contribution in [2.24, 2.45) is 5.41 Å². The maximum Gasteiger partial charge on any atom is 0.309 e. The second-order valence-corrected chi connectivity index (χ2v) is 4.59. The van der Waals surface area contributed by atoms with Crippen LogP contribution in [0.4, 0.5) is 4.39 Å².